The van der Waals surface area contributed by atoms with Gasteiger partial charge in [0.1, 0.15) is 5.60 Å². The summed E-state index contributed by atoms with van der Waals surface area (Å²) in [5.74, 6) is 0.327. The van der Waals surface area contributed by atoms with E-state index in [1.54, 1.807) is 0 Å². The van der Waals surface area contributed by atoms with Crippen LogP contribution in [-0.4, -0.2) is 16.6 Å². The molecule has 3 nitrogen and oxygen atoms in total. The van der Waals surface area contributed by atoms with E-state index in [1.165, 1.54) is 22.3 Å². The highest BCUT2D eigenvalue weighted by atomic mass is 16.6. The number of ether oxygens (including phenoxy) is 1. The fraction of sp³-hybridized carbons (Fsp3) is 0.409. The van der Waals surface area contributed by atoms with Crippen molar-refractivity contribution in [2.75, 3.05) is 0 Å². The van der Waals surface area contributed by atoms with Crippen LogP contribution in [0.1, 0.15) is 67.4 Å². The van der Waals surface area contributed by atoms with E-state index in [1.807, 2.05) is 25.7 Å². The van der Waals surface area contributed by atoms with Gasteiger partial charge in [0.25, 0.3) is 0 Å². The summed E-state index contributed by atoms with van der Waals surface area (Å²) in [5, 5.41) is 0. The number of hydrogen-bond acceptors (Lipinski definition) is 2. The molecule has 1 fully saturated rings. The van der Waals surface area contributed by atoms with Crippen LogP contribution >= 0.6 is 0 Å². The number of amides is 1. The van der Waals surface area contributed by atoms with Crippen LogP contribution in [0.5, 0.6) is 0 Å². The second-order valence-corrected chi connectivity index (χ2v) is 8.18. The van der Waals surface area contributed by atoms with Gasteiger partial charge in [-0.25, -0.2) is 4.79 Å². The van der Waals surface area contributed by atoms with Crippen molar-refractivity contribution in [1.82, 2.24) is 4.90 Å². The first-order chi connectivity index (χ1) is 11.9. The van der Waals surface area contributed by atoms with Crippen LogP contribution in [0.2, 0.25) is 0 Å². The number of hydrogen-bond donors (Lipinski definition) is 0. The van der Waals surface area contributed by atoms with Gasteiger partial charge in [0.2, 0.25) is 0 Å². The first-order valence-electron chi connectivity index (χ1n) is 9.02. The Labute approximate surface area is 149 Å². The molecular formula is C22H25NO2. The molecule has 2 aromatic carbocycles. The molecule has 2 bridgehead atoms. The van der Waals surface area contributed by atoms with Crippen molar-refractivity contribution in [3.63, 3.8) is 0 Å². The molecule has 0 spiro atoms. The Hall–Kier alpha value is -2.29. The Morgan fingerprint density at radius 1 is 1.00 bits per heavy atom. The molecule has 25 heavy (non-hydrogen) atoms. The highest BCUT2D eigenvalue weighted by Gasteiger charge is 2.53. The summed E-state index contributed by atoms with van der Waals surface area (Å²) in [6.45, 7) is 7.93. The van der Waals surface area contributed by atoms with Gasteiger partial charge >= 0.3 is 6.09 Å². The van der Waals surface area contributed by atoms with Gasteiger partial charge in [0, 0.05) is 5.92 Å². The maximum absolute atomic E-state index is 13.0. The summed E-state index contributed by atoms with van der Waals surface area (Å²) >= 11 is 0. The number of benzene rings is 2. The molecule has 0 saturated carbocycles. The van der Waals surface area contributed by atoms with Gasteiger partial charge in [0.05, 0.1) is 12.1 Å². The Kier molecular flexibility index (Phi) is 3.64. The van der Waals surface area contributed by atoms with Crippen molar-refractivity contribution in [3.8, 4) is 0 Å². The normalized spacial score (nSPS) is 24.3. The first kappa shape index (κ1) is 16.2. The fourth-order valence-electron chi connectivity index (χ4n) is 4.45. The monoisotopic (exact) mass is 335 g/mol. The smallest absolute Gasteiger partial charge is 0.411 e. The topological polar surface area (TPSA) is 29.5 Å². The van der Waals surface area contributed by atoms with E-state index in [4.69, 9.17) is 4.74 Å². The minimum atomic E-state index is -0.483. The predicted octanol–water partition coefficient (Wildman–Crippen LogP) is 5.52. The van der Waals surface area contributed by atoms with Crippen LogP contribution in [-0.2, 0) is 4.74 Å². The number of fused-ring (bicyclic) bond motifs is 5. The zero-order valence-corrected chi connectivity index (χ0v) is 15.3. The minimum absolute atomic E-state index is 0.0668. The van der Waals surface area contributed by atoms with Crippen LogP contribution in [0.15, 0.2) is 48.5 Å². The van der Waals surface area contributed by atoms with Crippen LogP contribution < -0.4 is 0 Å². The van der Waals surface area contributed by atoms with Crippen molar-refractivity contribution in [2.24, 2.45) is 0 Å². The molecule has 130 valence electrons. The molecular weight excluding hydrogens is 310 g/mol. The summed E-state index contributed by atoms with van der Waals surface area (Å²) in [5.41, 5.74) is 4.71. The van der Waals surface area contributed by atoms with Crippen molar-refractivity contribution >= 4 is 6.09 Å². The van der Waals surface area contributed by atoms with Crippen molar-refractivity contribution in [3.05, 3.63) is 70.8 Å². The van der Waals surface area contributed by atoms with E-state index in [9.17, 15) is 4.79 Å². The third kappa shape index (κ3) is 2.62. The third-order valence-corrected chi connectivity index (χ3v) is 5.36. The Balaban J connectivity index is 1.76. The van der Waals surface area contributed by atoms with E-state index in [0.717, 1.165) is 6.42 Å². The largest absolute Gasteiger partial charge is 0.444 e. The summed E-state index contributed by atoms with van der Waals surface area (Å²) in [6.07, 6.45) is 0.765. The SMILES string of the molecule is Cc1ccccc1C1CC2c3ccccc3C1N2C(=O)OC(C)(C)C. The number of carbonyl (C=O) groups excluding carboxylic acids is 1. The minimum Gasteiger partial charge on any atom is -0.444 e. The Morgan fingerprint density at radius 2 is 1.60 bits per heavy atom. The molecule has 1 saturated heterocycles. The molecule has 3 heteroatoms. The van der Waals surface area contributed by atoms with E-state index >= 15 is 0 Å². The molecule has 0 radical (unpaired) electrons. The summed E-state index contributed by atoms with van der Waals surface area (Å²) in [7, 11) is 0. The van der Waals surface area contributed by atoms with Gasteiger partial charge in [-0.1, -0.05) is 48.5 Å². The molecule has 0 aromatic heterocycles. The lowest BCUT2D eigenvalue weighted by atomic mass is 9.79. The van der Waals surface area contributed by atoms with Crippen molar-refractivity contribution in [1.29, 1.82) is 0 Å². The second kappa shape index (κ2) is 5.62. The lowest BCUT2D eigenvalue weighted by Gasteiger charge is -2.29. The molecule has 1 amide bonds. The van der Waals surface area contributed by atoms with Crippen LogP contribution in [0.25, 0.3) is 0 Å². The zero-order valence-electron chi connectivity index (χ0n) is 15.3. The standard InChI is InChI=1S/C22H25NO2/c1-14-9-5-6-10-15(14)18-13-19-16-11-7-8-12-17(16)20(18)23(19)21(24)25-22(2,3)4/h5-12,18-20H,13H2,1-4H3. The molecule has 3 atom stereocenters. The molecule has 2 heterocycles. The summed E-state index contributed by atoms with van der Waals surface area (Å²) in [6, 6.07) is 17.2. The number of nitrogens with zero attached hydrogens (tertiary/aromatic N) is 1. The number of aryl methyl sites for hydroxylation is 1. The lowest BCUT2D eigenvalue weighted by molar-refractivity contribution is 0.0172. The Morgan fingerprint density at radius 3 is 2.24 bits per heavy atom. The third-order valence-electron chi connectivity index (χ3n) is 5.36. The highest BCUT2D eigenvalue weighted by Crippen LogP contribution is 2.60. The predicted molar refractivity (Wildman–Crippen MR) is 98.5 cm³/mol. The molecule has 0 N–H and O–H groups in total. The zero-order chi connectivity index (χ0) is 17.8. The molecule has 2 aliphatic rings. The fourth-order valence-corrected chi connectivity index (χ4v) is 4.45. The summed E-state index contributed by atoms with van der Waals surface area (Å²) in [4.78, 5) is 14.9. The van der Waals surface area contributed by atoms with Crippen LogP contribution in [0.3, 0.4) is 0 Å². The van der Waals surface area contributed by atoms with Gasteiger partial charge in [-0.05, 0) is 56.4 Å². The van der Waals surface area contributed by atoms with E-state index in [0.29, 0.717) is 5.92 Å². The van der Waals surface area contributed by atoms with E-state index < -0.39 is 5.60 Å². The Bertz CT molecular complexity index is 821. The maximum atomic E-state index is 13.0. The van der Waals surface area contributed by atoms with Gasteiger partial charge in [-0.3, -0.25) is 4.90 Å². The van der Waals surface area contributed by atoms with Gasteiger partial charge < -0.3 is 4.74 Å². The number of rotatable bonds is 1. The van der Waals surface area contributed by atoms with Crippen molar-refractivity contribution < 1.29 is 9.53 Å². The van der Waals surface area contributed by atoms with E-state index in [2.05, 4.69) is 55.5 Å². The second-order valence-electron chi connectivity index (χ2n) is 8.18. The van der Waals surface area contributed by atoms with Crippen molar-refractivity contribution in [2.45, 2.75) is 57.7 Å². The maximum Gasteiger partial charge on any atom is 0.411 e. The molecule has 0 aliphatic carbocycles. The van der Waals surface area contributed by atoms with Crippen LogP contribution in [0, 0.1) is 6.92 Å². The first-order valence-corrected chi connectivity index (χ1v) is 9.02. The molecule has 4 rings (SSSR count). The lowest BCUT2D eigenvalue weighted by Crippen LogP contribution is -2.35. The summed E-state index contributed by atoms with van der Waals surface area (Å²) < 4.78 is 5.74. The van der Waals surface area contributed by atoms with Gasteiger partial charge in [0.15, 0.2) is 0 Å². The average molecular weight is 335 g/mol. The van der Waals surface area contributed by atoms with Gasteiger partial charge in [-0.2, -0.15) is 0 Å². The van der Waals surface area contributed by atoms with Crippen LogP contribution in [0.4, 0.5) is 4.79 Å². The number of carbonyl (C=O) groups is 1. The molecule has 3 unspecified atom stereocenters. The molecule has 2 aromatic rings. The average Bonchev–Trinajstić information content (AvgIpc) is 3.08. The van der Waals surface area contributed by atoms with E-state index in [-0.39, 0.29) is 18.2 Å². The molecule has 2 aliphatic heterocycles. The quantitative estimate of drug-likeness (QED) is 0.687. The highest BCUT2D eigenvalue weighted by molar-refractivity contribution is 5.73. The van der Waals surface area contributed by atoms with Gasteiger partial charge in [-0.15, -0.1) is 0 Å².